The third-order valence-corrected chi connectivity index (χ3v) is 4.63. The van der Waals surface area contributed by atoms with Crippen LogP contribution in [0.15, 0.2) is 0 Å². The third kappa shape index (κ3) is 3.67. The molecule has 2 fully saturated rings. The number of likely N-dealkylation sites (tertiary alicyclic amines) is 2. The van der Waals surface area contributed by atoms with E-state index < -0.39 is 0 Å². The van der Waals surface area contributed by atoms with Crippen molar-refractivity contribution in [2.24, 2.45) is 5.92 Å². The van der Waals surface area contributed by atoms with Crippen molar-refractivity contribution in [3.8, 4) is 0 Å². The van der Waals surface area contributed by atoms with Crippen LogP contribution in [0.2, 0.25) is 0 Å². The summed E-state index contributed by atoms with van der Waals surface area (Å²) in [5, 5.41) is 8.98. The number of nitrogens with zero attached hydrogens (tertiary/aromatic N) is 2. The second-order valence-corrected chi connectivity index (χ2v) is 5.68. The molecule has 2 heterocycles. The summed E-state index contributed by atoms with van der Waals surface area (Å²) in [6, 6.07) is 0.804. The van der Waals surface area contributed by atoms with Crippen molar-refractivity contribution in [2.45, 2.75) is 45.1 Å². The lowest BCUT2D eigenvalue weighted by atomic mass is 9.92. The molecule has 1 atom stereocenters. The number of aliphatic hydroxyl groups excluding tert-OH is 1. The Balaban J connectivity index is 1.76. The Kier molecular flexibility index (Phi) is 5.26. The molecule has 0 aromatic carbocycles. The standard InChI is InChI=1S/C14H28N2O/c1-2-15-8-3-4-14(12-15)16-9-5-13(6-10-16)7-11-17/h13-14,17H,2-12H2,1H3. The Hall–Kier alpha value is -0.120. The monoisotopic (exact) mass is 240 g/mol. The molecule has 2 aliphatic heterocycles. The molecular weight excluding hydrogens is 212 g/mol. The van der Waals surface area contributed by atoms with E-state index >= 15 is 0 Å². The Morgan fingerprint density at radius 1 is 1.12 bits per heavy atom. The maximum absolute atomic E-state index is 8.98. The number of piperidine rings is 2. The number of aliphatic hydroxyl groups is 1. The third-order valence-electron chi connectivity index (χ3n) is 4.63. The fourth-order valence-electron chi connectivity index (χ4n) is 3.41. The van der Waals surface area contributed by atoms with E-state index in [1.165, 1.54) is 58.4 Å². The Bertz CT molecular complexity index is 214. The summed E-state index contributed by atoms with van der Waals surface area (Å²) >= 11 is 0. The topological polar surface area (TPSA) is 26.7 Å². The van der Waals surface area contributed by atoms with Crippen LogP contribution >= 0.6 is 0 Å². The van der Waals surface area contributed by atoms with E-state index in [-0.39, 0.29) is 0 Å². The van der Waals surface area contributed by atoms with Crippen LogP contribution in [0, 0.1) is 5.92 Å². The zero-order chi connectivity index (χ0) is 12.1. The molecule has 0 aromatic heterocycles. The molecule has 0 aliphatic carbocycles. The molecule has 100 valence electrons. The highest BCUT2D eigenvalue weighted by atomic mass is 16.3. The average Bonchev–Trinajstić information content (AvgIpc) is 2.40. The van der Waals surface area contributed by atoms with Gasteiger partial charge in [-0.1, -0.05) is 6.92 Å². The molecule has 2 rings (SSSR count). The second-order valence-electron chi connectivity index (χ2n) is 5.68. The van der Waals surface area contributed by atoms with E-state index in [9.17, 15) is 0 Å². The second kappa shape index (κ2) is 6.72. The van der Waals surface area contributed by atoms with Crippen molar-refractivity contribution in [2.75, 3.05) is 39.3 Å². The predicted octanol–water partition coefficient (Wildman–Crippen LogP) is 1.57. The van der Waals surface area contributed by atoms with Crippen LogP contribution in [0.5, 0.6) is 0 Å². The zero-order valence-corrected chi connectivity index (χ0v) is 11.3. The van der Waals surface area contributed by atoms with Gasteiger partial charge >= 0.3 is 0 Å². The summed E-state index contributed by atoms with van der Waals surface area (Å²) in [6.45, 7) is 8.94. The molecule has 1 unspecified atom stereocenters. The van der Waals surface area contributed by atoms with Gasteiger partial charge in [-0.15, -0.1) is 0 Å². The van der Waals surface area contributed by atoms with Gasteiger partial charge in [0.2, 0.25) is 0 Å². The molecular formula is C14H28N2O. The van der Waals surface area contributed by atoms with Gasteiger partial charge in [-0.3, -0.25) is 4.90 Å². The van der Waals surface area contributed by atoms with Crippen LogP contribution < -0.4 is 0 Å². The minimum Gasteiger partial charge on any atom is -0.396 e. The molecule has 0 radical (unpaired) electrons. The van der Waals surface area contributed by atoms with Crippen LogP contribution in [0.1, 0.15) is 39.0 Å². The number of rotatable bonds is 4. The quantitative estimate of drug-likeness (QED) is 0.808. The average molecular weight is 240 g/mol. The van der Waals surface area contributed by atoms with Crippen LogP contribution in [0.25, 0.3) is 0 Å². The maximum atomic E-state index is 8.98. The first-order valence-corrected chi connectivity index (χ1v) is 7.40. The molecule has 1 N–H and O–H groups in total. The van der Waals surface area contributed by atoms with Gasteiger partial charge in [0, 0.05) is 19.2 Å². The molecule has 0 aromatic rings. The minimum absolute atomic E-state index is 0.373. The van der Waals surface area contributed by atoms with Gasteiger partial charge < -0.3 is 10.0 Å². The van der Waals surface area contributed by atoms with Gasteiger partial charge in [0.1, 0.15) is 0 Å². The summed E-state index contributed by atoms with van der Waals surface area (Å²) < 4.78 is 0. The molecule has 3 heteroatoms. The molecule has 17 heavy (non-hydrogen) atoms. The summed E-state index contributed by atoms with van der Waals surface area (Å²) in [7, 11) is 0. The minimum atomic E-state index is 0.373. The molecule has 2 saturated heterocycles. The smallest absolute Gasteiger partial charge is 0.0433 e. The zero-order valence-electron chi connectivity index (χ0n) is 11.3. The lowest BCUT2D eigenvalue weighted by molar-refractivity contribution is 0.0663. The highest BCUT2D eigenvalue weighted by Crippen LogP contribution is 2.24. The van der Waals surface area contributed by atoms with E-state index in [1.54, 1.807) is 0 Å². The largest absolute Gasteiger partial charge is 0.396 e. The summed E-state index contributed by atoms with van der Waals surface area (Å²) in [5.74, 6) is 0.780. The number of hydrogen-bond acceptors (Lipinski definition) is 3. The first kappa shape index (κ1) is 13.3. The normalized spacial score (nSPS) is 29.6. The molecule has 0 saturated carbocycles. The van der Waals surface area contributed by atoms with Crippen LogP contribution in [-0.4, -0.2) is 60.3 Å². The highest BCUT2D eigenvalue weighted by molar-refractivity contribution is 4.83. The first-order chi connectivity index (χ1) is 8.33. The van der Waals surface area contributed by atoms with Crippen molar-refractivity contribution in [1.82, 2.24) is 9.80 Å². The van der Waals surface area contributed by atoms with Crippen molar-refractivity contribution in [1.29, 1.82) is 0 Å². The Labute approximate surface area is 106 Å². The summed E-state index contributed by atoms with van der Waals surface area (Å²) in [6.07, 6.45) is 6.36. The van der Waals surface area contributed by atoms with Gasteiger partial charge in [-0.2, -0.15) is 0 Å². The fraction of sp³-hybridized carbons (Fsp3) is 1.00. The molecule has 0 spiro atoms. The molecule has 2 aliphatic rings. The molecule has 0 amide bonds. The van der Waals surface area contributed by atoms with Crippen LogP contribution in [-0.2, 0) is 0 Å². The predicted molar refractivity (Wildman–Crippen MR) is 71.1 cm³/mol. The van der Waals surface area contributed by atoms with E-state index in [0.29, 0.717) is 6.61 Å². The van der Waals surface area contributed by atoms with Crippen LogP contribution in [0.4, 0.5) is 0 Å². The first-order valence-electron chi connectivity index (χ1n) is 7.40. The Morgan fingerprint density at radius 2 is 1.88 bits per heavy atom. The van der Waals surface area contributed by atoms with Crippen molar-refractivity contribution < 1.29 is 5.11 Å². The molecule has 3 nitrogen and oxygen atoms in total. The lowest BCUT2D eigenvalue weighted by Crippen LogP contribution is -2.50. The van der Waals surface area contributed by atoms with E-state index in [2.05, 4.69) is 16.7 Å². The number of hydrogen-bond donors (Lipinski definition) is 1. The van der Waals surface area contributed by atoms with Crippen LogP contribution in [0.3, 0.4) is 0 Å². The van der Waals surface area contributed by atoms with E-state index in [4.69, 9.17) is 5.11 Å². The van der Waals surface area contributed by atoms with E-state index in [1.807, 2.05) is 0 Å². The SMILES string of the molecule is CCN1CCCC(N2CCC(CCO)CC2)C1. The van der Waals surface area contributed by atoms with Crippen molar-refractivity contribution >= 4 is 0 Å². The van der Waals surface area contributed by atoms with Crippen molar-refractivity contribution in [3.63, 3.8) is 0 Å². The van der Waals surface area contributed by atoms with Gasteiger partial charge in [0.15, 0.2) is 0 Å². The lowest BCUT2D eigenvalue weighted by Gasteiger charge is -2.42. The van der Waals surface area contributed by atoms with Gasteiger partial charge in [0.05, 0.1) is 0 Å². The molecule has 0 bridgehead atoms. The van der Waals surface area contributed by atoms with E-state index in [0.717, 1.165) is 18.4 Å². The van der Waals surface area contributed by atoms with Gasteiger partial charge in [0.25, 0.3) is 0 Å². The maximum Gasteiger partial charge on any atom is 0.0433 e. The van der Waals surface area contributed by atoms with Gasteiger partial charge in [-0.25, -0.2) is 0 Å². The summed E-state index contributed by atoms with van der Waals surface area (Å²) in [5.41, 5.74) is 0. The van der Waals surface area contributed by atoms with Crippen molar-refractivity contribution in [3.05, 3.63) is 0 Å². The number of likely N-dealkylation sites (N-methyl/N-ethyl adjacent to an activating group) is 1. The Morgan fingerprint density at radius 3 is 2.53 bits per heavy atom. The summed E-state index contributed by atoms with van der Waals surface area (Å²) in [4.78, 5) is 5.30. The fourth-order valence-corrected chi connectivity index (χ4v) is 3.41. The highest BCUT2D eigenvalue weighted by Gasteiger charge is 2.27. The van der Waals surface area contributed by atoms with Gasteiger partial charge in [-0.05, 0) is 64.2 Å².